The van der Waals surface area contributed by atoms with Crippen LogP contribution in [0.25, 0.3) is 0 Å². The van der Waals surface area contributed by atoms with Crippen LogP contribution in [0, 0.1) is 13.8 Å². The van der Waals surface area contributed by atoms with Crippen LogP contribution in [0.3, 0.4) is 0 Å². The van der Waals surface area contributed by atoms with Gasteiger partial charge in [-0.15, -0.1) is 0 Å². The van der Waals surface area contributed by atoms with Crippen molar-refractivity contribution in [1.29, 1.82) is 0 Å². The van der Waals surface area contributed by atoms with Gasteiger partial charge in [0.1, 0.15) is 11.5 Å². The monoisotopic (exact) mass is 264 g/mol. The molecule has 2 heterocycles. The summed E-state index contributed by atoms with van der Waals surface area (Å²) in [6, 6.07) is 0. The van der Waals surface area contributed by atoms with Crippen molar-refractivity contribution in [3.8, 4) is 0 Å². The van der Waals surface area contributed by atoms with Gasteiger partial charge in [0.2, 0.25) is 0 Å². The van der Waals surface area contributed by atoms with Gasteiger partial charge in [-0.1, -0.05) is 16.5 Å². The van der Waals surface area contributed by atoms with Gasteiger partial charge >= 0.3 is 4.87 Å². The van der Waals surface area contributed by atoms with E-state index in [0.717, 1.165) is 34.9 Å². The molecule has 2 aromatic heterocycles. The van der Waals surface area contributed by atoms with Crippen molar-refractivity contribution in [2.45, 2.75) is 46.1 Å². The number of fused-ring (bicyclic) bond motifs is 1. The Balaban J connectivity index is 1.97. The number of hydrogen-bond acceptors (Lipinski definition) is 4. The standard InChI is InChI=1S/C13H16N2O2S/c1-8-9(2)18-13(16)15(8)7-11-10-5-3-4-6-12(10)17-14-11/h3-7H2,1-2H3. The third kappa shape index (κ3) is 1.82. The zero-order valence-electron chi connectivity index (χ0n) is 10.7. The first kappa shape index (κ1) is 11.7. The number of thiazole rings is 1. The lowest BCUT2D eigenvalue weighted by Gasteiger charge is -2.09. The van der Waals surface area contributed by atoms with Gasteiger partial charge in [0.05, 0.1) is 6.54 Å². The third-order valence-electron chi connectivity index (χ3n) is 3.71. The van der Waals surface area contributed by atoms with Crippen molar-refractivity contribution in [2.75, 3.05) is 0 Å². The predicted molar refractivity (Wildman–Crippen MR) is 70.3 cm³/mol. The number of nitrogens with zero attached hydrogens (tertiary/aromatic N) is 2. The van der Waals surface area contributed by atoms with Crippen LogP contribution in [-0.2, 0) is 19.4 Å². The zero-order valence-corrected chi connectivity index (χ0v) is 11.5. The lowest BCUT2D eigenvalue weighted by atomic mass is 9.96. The molecule has 0 saturated carbocycles. The molecule has 0 aliphatic heterocycles. The first-order chi connectivity index (χ1) is 8.66. The highest BCUT2D eigenvalue weighted by atomic mass is 32.1. The highest BCUT2D eigenvalue weighted by molar-refractivity contribution is 7.09. The summed E-state index contributed by atoms with van der Waals surface area (Å²) in [5.74, 6) is 1.02. The van der Waals surface area contributed by atoms with Crippen LogP contribution in [0.5, 0.6) is 0 Å². The molecular formula is C13H16N2O2S. The smallest absolute Gasteiger partial charge is 0.307 e. The second kappa shape index (κ2) is 4.39. The first-order valence-corrected chi connectivity index (χ1v) is 7.11. The Labute approximate surface area is 109 Å². The van der Waals surface area contributed by atoms with E-state index < -0.39 is 0 Å². The molecule has 0 saturated heterocycles. The average molecular weight is 264 g/mol. The molecule has 0 bridgehead atoms. The molecule has 4 nitrogen and oxygen atoms in total. The van der Waals surface area contributed by atoms with E-state index in [9.17, 15) is 4.79 Å². The second-order valence-electron chi connectivity index (χ2n) is 4.83. The molecule has 5 heteroatoms. The molecule has 0 unspecified atom stereocenters. The summed E-state index contributed by atoms with van der Waals surface area (Å²) in [4.78, 5) is 13.1. The maximum absolute atomic E-state index is 11.9. The highest BCUT2D eigenvalue weighted by Gasteiger charge is 2.20. The Morgan fingerprint density at radius 3 is 2.83 bits per heavy atom. The molecule has 0 spiro atoms. The molecular weight excluding hydrogens is 248 g/mol. The molecule has 96 valence electrons. The fourth-order valence-electron chi connectivity index (χ4n) is 2.49. The van der Waals surface area contributed by atoms with E-state index in [0.29, 0.717) is 6.54 Å². The van der Waals surface area contributed by atoms with Crippen LogP contribution in [-0.4, -0.2) is 9.72 Å². The van der Waals surface area contributed by atoms with Crippen LogP contribution in [0.15, 0.2) is 9.32 Å². The van der Waals surface area contributed by atoms with Crippen molar-refractivity contribution in [2.24, 2.45) is 0 Å². The highest BCUT2D eigenvalue weighted by Crippen LogP contribution is 2.25. The summed E-state index contributed by atoms with van der Waals surface area (Å²) in [5.41, 5.74) is 3.21. The minimum Gasteiger partial charge on any atom is -0.361 e. The van der Waals surface area contributed by atoms with Crippen molar-refractivity contribution in [3.05, 3.63) is 37.3 Å². The Morgan fingerprint density at radius 1 is 1.33 bits per heavy atom. The van der Waals surface area contributed by atoms with Gasteiger partial charge in [-0.05, 0) is 33.1 Å². The minimum atomic E-state index is 0.0950. The lowest BCUT2D eigenvalue weighted by Crippen LogP contribution is -2.17. The van der Waals surface area contributed by atoms with E-state index in [-0.39, 0.29) is 4.87 Å². The molecule has 0 atom stereocenters. The van der Waals surface area contributed by atoms with Crippen molar-refractivity contribution in [1.82, 2.24) is 9.72 Å². The van der Waals surface area contributed by atoms with E-state index in [1.807, 2.05) is 13.8 Å². The largest absolute Gasteiger partial charge is 0.361 e. The third-order valence-corrected chi connectivity index (χ3v) is 4.71. The van der Waals surface area contributed by atoms with Gasteiger partial charge in [0.15, 0.2) is 0 Å². The molecule has 0 amide bonds. The summed E-state index contributed by atoms with van der Waals surface area (Å²) in [7, 11) is 0. The maximum atomic E-state index is 11.9. The molecule has 18 heavy (non-hydrogen) atoms. The summed E-state index contributed by atoms with van der Waals surface area (Å²) in [6.07, 6.45) is 4.39. The SMILES string of the molecule is Cc1sc(=O)n(Cc2noc3c2CCCC3)c1C. The molecule has 1 aliphatic carbocycles. The fraction of sp³-hybridized carbons (Fsp3) is 0.538. The van der Waals surface area contributed by atoms with Gasteiger partial charge in [-0.2, -0.15) is 0 Å². The van der Waals surface area contributed by atoms with Crippen molar-refractivity contribution in [3.63, 3.8) is 0 Å². The molecule has 3 rings (SSSR count). The Bertz CT molecular complexity index is 636. The van der Waals surface area contributed by atoms with Crippen LogP contribution in [0.4, 0.5) is 0 Å². The zero-order chi connectivity index (χ0) is 12.7. The van der Waals surface area contributed by atoms with E-state index >= 15 is 0 Å². The Morgan fingerprint density at radius 2 is 2.11 bits per heavy atom. The molecule has 2 aromatic rings. The molecule has 0 aromatic carbocycles. The first-order valence-electron chi connectivity index (χ1n) is 6.30. The number of aryl methyl sites for hydroxylation is 2. The van der Waals surface area contributed by atoms with Crippen molar-refractivity contribution < 1.29 is 4.52 Å². The van der Waals surface area contributed by atoms with E-state index in [1.54, 1.807) is 4.57 Å². The quantitative estimate of drug-likeness (QED) is 0.837. The topological polar surface area (TPSA) is 48.0 Å². The van der Waals surface area contributed by atoms with E-state index in [2.05, 4.69) is 5.16 Å². The van der Waals surface area contributed by atoms with Gasteiger partial charge in [0.25, 0.3) is 0 Å². The Kier molecular flexibility index (Phi) is 2.86. The van der Waals surface area contributed by atoms with E-state index in [4.69, 9.17) is 4.52 Å². The number of aromatic nitrogens is 2. The van der Waals surface area contributed by atoms with Gasteiger partial charge in [0, 0.05) is 22.6 Å². The summed E-state index contributed by atoms with van der Waals surface area (Å²) < 4.78 is 7.18. The molecule has 0 N–H and O–H groups in total. The van der Waals surface area contributed by atoms with Crippen LogP contribution in [0.2, 0.25) is 0 Å². The summed E-state index contributed by atoms with van der Waals surface area (Å²) in [6.45, 7) is 4.52. The predicted octanol–water partition coefficient (Wildman–Crippen LogP) is 2.44. The maximum Gasteiger partial charge on any atom is 0.307 e. The number of rotatable bonds is 2. The van der Waals surface area contributed by atoms with Gasteiger partial charge in [-0.3, -0.25) is 9.36 Å². The molecule has 1 aliphatic rings. The van der Waals surface area contributed by atoms with Crippen molar-refractivity contribution >= 4 is 11.3 Å². The minimum absolute atomic E-state index is 0.0950. The summed E-state index contributed by atoms with van der Waals surface area (Å²) >= 11 is 1.30. The molecule has 0 fully saturated rings. The van der Waals surface area contributed by atoms with Crippen LogP contribution < -0.4 is 4.87 Å². The summed E-state index contributed by atoms with van der Waals surface area (Å²) in [5, 5.41) is 4.15. The Hall–Kier alpha value is -1.36. The second-order valence-corrected chi connectivity index (χ2v) is 6.00. The number of hydrogen-bond donors (Lipinski definition) is 0. The molecule has 0 radical (unpaired) electrons. The van der Waals surface area contributed by atoms with E-state index in [1.165, 1.54) is 29.7 Å². The average Bonchev–Trinajstić information content (AvgIpc) is 2.87. The van der Waals surface area contributed by atoms with Crippen LogP contribution in [0.1, 0.15) is 40.4 Å². The lowest BCUT2D eigenvalue weighted by molar-refractivity contribution is 0.367. The normalized spacial score (nSPS) is 14.8. The van der Waals surface area contributed by atoms with Gasteiger partial charge in [-0.25, -0.2) is 0 Å². The van der Waals surface area contributed by atoms with Gasteiger partial charge < -0.3 is 4.52 Å². The fourth-order valence-corrected chi connectivity index (χ4v) is 3.32. The van der Waals surface area contributed by atoms with Crippen LogP contribution >= 0.6 is 11.3 Å².